The van der Waals surface area contributed by atoms with Crippen molar-refractivity contribution in [1.82, 2.24) is 5.32 Å². The van der Waals surface area contributed by atoms with Crippen LogP contribution in [0, 0.1) is 5.82 Å². The van der Waals surface area contributed by atoms with Crippen molar-refractivity contribution in [3.63, 3.8) is 0 Å². The van der Waals surface area contributed by atoms with Crippen LogP contribution in [0.4, 0.5) is 10.1 Å². The second kappa shape index (κ2) is 8.45. The third kappa shape index (κ3) is 3.69. The van der Waals surface area contributed by atoms with E-state index >= 15 is 0 Å². The van der Waals surface area contributed by atoms with Crippen LogP contribution in [-0.2, 0) is 6.42 Å². The molecule has 0 amide bonds. The maximum absolute atomic E-state index is 13.4. The Morgan fingerprint density at radius 3 is 2.39 bits per heavy atom. The highest BCUT2D eigenvalue weighted by Gasteiger charge is 2.12. The Bertz CT molecular complexity index is 423. The number of rotatable bonds is 1. The second-order valence-electron chi connectivity index (χ2n) is 3.20. The number of nitrogens with zero attached hydrogens (tertiary/aromatic N) is 1. The van der Waals surface area contributed by atoms with Gasteiger partial charge in [0.25, 0.3) is 0 Å². The van der Waals surface area contributed by atoms with E-state index in [2.05, 4.69) is 16.9 Å². The van der Waals surface area contributed by atoms with Crippen molar-refractivity contribution in [3.8, 4) is 0 Å². The van der Waals surface area contributed by atoms with Crippen LogP contribution in [0.5, 0.6) is 0 Å². The SMILES string of the molecule is C=C1NC=Nc2cc(F)c(CC)cc21.CC.CC. The molecule has 0 aliphatic carbocycles. The Labute approximate surface area is 110 Å². The molecule has 0 bridgehead atoms. The van der Waals surface area contributed by atoms with E-state index in [1.807, 2.05) is 34.6 Å². The molecule has 1 heterocycles. The third-order valence-electron chi connectivity index (χ3n) is 2.31. The first-order chi connectivity index (χ1) is 8.72. The highest BCUT2D eigenvalue weighted by Crippen LogP contribution is 2.29. The average Bonchev–Trinajstić information content (AvgIpc) is 2.43. The number of benzene rings is 1. The van der Waals surface area contributed by atoms with Crippen LogP contribution in [0.1, 0.15) is 45.7 Å². The minimum atomic E-state index is -0.196. The van der Waals surface area contributed by atoms with Crippen LogP contribution < -0.4 is 5.32 Å². The fourth-order valence-electron chi connectivity index (χ4n) is 1.48. The van der Waals surface area contributed by atoms with Gasteiger partial charge in [0.15, 0.2) is 0 Å². The van der Waals surface area contributed by atoms with Crippen molar-refractivity contribution in [2.24, 2.45) is 4.99 Å². The lowest BCUT2D eigenvalue weighted by atomic mass is 10.0. The molecule has 0 spiro atoms. The summed E-state index contributed by atoms with van der Waals surface area (Å²) in [7, 11) is 0. The van der Waals surface area contributed by atoms with Crippen LogP contribution in [-0.4, -0.2) is 6.34 Å². The summed E-state index contributed by atoms with van der Waals surface area (Å²) in [6.45, 7) is 13.8. The minimum absolute atomic E-state index is 0.196. The molecule has 0 atom stereocenters. The zero-order valence-electron chi connectivity index (χ0n) is 12.0. The molecular weight excluding hydrogens is 227 g/mol. The summed E-state index contributed by atoms with van der Waals surface area (Å²) in [5.74, 6) is -0.196. The van der Waals surface area contributed by atoms with Gasteiger partial charge in [-0.2, -0.15) is 0 Å². The Hall–Kier alpha value is -1.64. The lowest BCUT2D eigenvalue weighted by molar-refractivity contribution is 0.612. The van der Waals surface area contributed by atoms with E-state index in [-0.39, 0.29) is 5.82 Å². The first-order valence-electron chi connectivity index (χ1n) is 6.53. The predicted octanol–water partition coefficient (Wildman–Crippen LogP) is 4.67. The number of aliphatic imine (C=N–C) groups is 1. The molecule has 2 nitrogen and oxygen atoms in total. The summed E-state index contributed by atoms with van der Waals surface area (Å²) in [5, 5.41) is 2.90. The van der Waals surface area contributed by atoms with Crippen LogP contribution >= 0.6 is 0 Å². The molecule has 1 aliphatic rings. The molecule has 0 saturated heterocycles. The van der Waals surface area contributed by atoms with Gasteiger partial charge < -0.3 is 5.32 Å². The van der Waals surface area contributed by atoms with Gasteiger partial charge in [0.2, 0.25) is 0 Å². The molecule has 1 aliphatic heterocycles. The van der Waals surface area contributed by atoms with Crippen molar-refractivity contribution >= 4 is 17.7 Å². The van der Waals surface area contributed by atoms with Crippen LogP contribution in [0.2, 0.25) is 0 Å². The molecule has 0 saturated carbocycles. The van der Waals surface area contributed by atoms with Gasteiger partial charge in [-0.15, -0.1) is 0 Å². The number of aryl methyl sites for hydroxylation is 1. The quantitative estimate of drug-likeness (QED) is 0.769. The van der Waals surface area contributed by atoms with Gasteiger partial charge >= 0.3 is 0 Å². The van der Waals surface area contributed by atoms with E-state index < -0.39 is 0 Å². The molecule has 100 valence electrons. The van der Waals surface area contributed by atoms with E-state index in [0.717, 1.165) is 11.3 Å². The lowest BCUT2D eigenvalue weighted by Gasteiger charge is -2.15. The maximum atomic E-state index is 13.4. The standard InChI is InChI=1S/C11H11FN2.2C2H6/c1-3-8-4-9-7(2)13-6-14-11(9)5-10(8)12;2*1-2/h4-6H,2-3H2,1H3,(H,13,14);2*1-2H3. The van der Waals surface area contributed by atoms with Gasteiger partial charge in [-0.05, 0) is 18.1 Å². The van der Waals surface area contributed by atoms with Crippen molar-refractivity contribution in [2.45, 2.75) is 41.0 Å². The van der Waals surface area contributed by atoms with Crippen molar-refractivity contribution in [2.75, 3.05) is 0 Å². The fraction of sp³-hybridized carbons (Fsp3) is 0.400. The van der Waals surface area contributed by atoms with E-state index in [1.54, 1.807) is 6.07 Å². The van der Waals surface area contributed by atoms with Gasteiger partial charge in [0, 0.05) is 17.3 Å². The zero-order valence-corrected chi connectivity index (χ0v) is 12.0. The Kier molecular flexibility index (Phi) is 7.68. The van der Waals surface area contributed by atoms with Crippen molar-refractivity contribution in [3.05, 3.63) is 35.7 Å². The molecule has 0 unspecified atom stereocenters. The second-order valence-corrected chi connectivity index (χ2v) is 3.20. The van der Waals surface area contributed by atoms with E-state index in [1.165, 1.54) is 12.4 Å². The summed E-state index contributed by atoms with van der Waals surface area (Å²) in [4.78, 5) is 4.04. The average molecular weight is 250 g/mol. The van der Waals surface area contributed by atoms with Crippen molar-refractivity contribution < 1.29 is 4.39 Å². The Morgan fingerprint density at radius 2 is 1.83 bits per heavy atom. The van der Waals surface area contributed by atoms with Gasteiger partial charge in [0.05, 0.1) is 12.0 Å². The molecule has 2 rings (SSSR count). The molecule has 0 aromatic heterocycles. The molecule has 0 fully saturated rings. The van der Waals surface area contributed by atoms with E-state index in [4.69, 9.17) is 0 Å². The largest absolute Gasteiger partial charge is 0.346 e. The molecular formula is C15H23FN2. The fourth-order valence-corrected chi connectivity index (χ4v) is 1.48. The normalized spacial score (nSPS) is 11.3. The summed E-state index contributed by atoms with van der Waals surface area (Å²) in [6.07, 6.45) is 2.20. The smallest absolute Gasteiger partial charge is 0.128 e. The lowest BCUT2D eigenvalue weighted by Crippen LogP contribution is -2.12. The highest BCUT2D eigenvalue weighted by atomic mass is 19.1. The maximum Gasteiger partial charge on any atom is 0.128 e. The molecule has 1 N–H and O–H groups in total. The summed E-state index contributed by atoms with van der Waals surface area (Å²) >= 11 is 0. The zero-order chi connectivity index (χ0) is 14.1. The number of hydrogen-bond acceptors (Lipinski definition) is 2. The van der Waals surface area contributed by atoms with Crippen LogP contribution in [0.15, 0.2) is 23.7 Å². The van der Waals surface area contributed by atoms with Gasteiger partial charge in [-0.1, -0.05) is 41.2 Å². The number of nitrogens with one attached hydrogen (secondary N) is 1. The van der Waals surface area contributed by atoms with Gasteiger partial charge in [-0.3, -0.25) is 0 Å². The molecule has 3 heteroatoms. The summed E-state index contributed by atoms with van der Waals surface area (Å²) in [5.41, 5.74) is 2.99. The predicted molar refractivity (Wildman–Crippen MR) is 78.8 cm³/mol. The third-order valence-corrected chi connectivity index (χ3v) is 2.31. The van der Waals surface area contributed by atoms with Gasteiger partial charge in [0.1, 0.15) is 5.82 Å². The monoisotopic (exact) mass is 250 g/mol. The number of halogens is 1. The molecule has 18 heavy (non-hydrogen) atoms. The molecule has 0 radical (unpaired) electrons. The summed E-state index contributed by atoms with van der Waals surface area (Å²) < 4.78 is 13.4. The Morgan fingerprint density at radius 1 is 1.22 bits per heavy atom. The topological polar surface area (TPSA) is 24.4 Å². The molecule has 1 aromatic carbocycles. The van der Waals surface area contributed by atoms with E-state index in [0.29, 0.717) is 17.7 Å². The number of hydrogen-bond donors (Lipinski definition) is 1. The van der Waals surface area contributed by atoms with Crippen LogP contribution in [0.3, 0.4) is 0 Å². The minimum Gasteiger partial charge on any atom is -0.346 e. The first kappa shape index (κ1) is 16.4. The van der Waals surface area contributed by atoms with Crippen molar-refractivity contribution in [1.29, 1.82) is 0 Å². The van der Waals surface area contributed by atoms with E-state index in [9.17, 15) is 4.39 Å². The molecule has 1 aromatic rings. The van der Waals surface area contributed by atoms with Crippen LogP contribution in [0.25, 0.3) is 5.70 Å². The summed E-state index contributed by atoms with van der Waals surface area (Å²) in [6, 6.07) is 3.26. The first-order valence-corrected chi connectivity index (χ1v) is 6.53. The number of fused-ring (bicyclic) bond motifs is 1. The highest BCUT2D eigenvalue weighted by molar-refractivity contribution is 5.86. The van der Waals surface area contributed by atoms with Gasteiger partial charge in [-0.25, -0.2) is 9.38 Å². The Balaban J connectivity index is 0.000000659.